The fourth-order valence-electron chi connectivity index (χ4n) is 1.86. The van der Waals surface area contributed by atoms with Crippen LogP contribution in [0.2, 0.25) is 0 Å². The first-order chi connectivity index (χ1) is 7.68. The van der Waals surface area contributed by atoms with Crippen molar-refractivity contribution < 1.29 is 9.90 Å². The van der Waals surface area contributed by atoms with E-state index in [0.29, 0.717) is 18.7 Å². The van der Waals surface area contributed by atoms with E-state index in [1.807, 2.05) is 13.0 Å². The van der Waals surface area contributed by atoms with Crippen LogP contribution >= 0.6 is 0 Å². The number of phenols is 1. The minimum atomic E-state index is -0.0843. The van der Waals surface area contributed by atoms with Crippen LogP contribution in [0, 0.1) is 6.92 Å². The molecule has 86 valence electrons. The molecule has 4 nitrogen and oxygen atoms in total. The molecule has 1 heterocycles. The number of piperazine rings is 1. The van der Waals surface area contributed by atoms with Crippen LogP contribution in [0.5, 0.6) is 5.75 Å². The number of rotatable bonds is 1. The lowest BCUT2D eigenvalue weighted by Gasteiger charge is -2.27. The number of phenolic OH excluding ortho intramolecular Hbond substituents is 1. The number of nitrogens with one attached hydrogen (secondary N) is 1. The average molecular weight is 220 g/mol. The van der Waals surface area contributed by atoms with E-state index in [4.69, 9.17) is 0 Å². The number of hydrogen-bond donors (Lipinski definition) is 2. The highest BCUT2D eigenvalue weighted by Gasteiger charge is 2.20. The molecule has 1 amide bonds. The van der Waals surface area contributed by atoms with Gasteiger partial charge in [-0.2, -0.15) is 0 Å². The molecule has 1 aromatic rings. The molecule has 4 heteroatoms. The van der Waals surface area contributed by atoms with Gasteiger partial charge in [0.05, 0.1) is 5.56 Å². The molecule has 2 rings (SSSR count). The molecule has 0 bridgehead atoms. The Hall–Kier alpha value is -1.55. The largest absolute Gasteiger partial charge is 0.507 e. The lowest BCUT2D eigenvalue weighted by atomic mass is 10.1. The number of aryl methyl sites for hydroxylation is 1. The Balaban J connectivity index is 2.19. The van der Waals surface area contributed by atoms with Crippen molar-refractivity contribution in [1.29, 1.82) is 0 Å². The van der Waals surface area contributed by atoms with Crippen molar-refractivity contribution in [2.45, 2.75) is 6.92 Å². The van der Waals surface area contributed by atoms with Gasteiger partial charge in [0.25, 0.3) is 5.91 Å². The number of carbonyl (C=O) groups excluding carboxylic acids is 1. The molecule has 1 aliphatic heterocycles. The van der Waals surface area contributed by atoms with E-state index < -0.39 is 0 Å². The third kappa shape index (κ3) is 2.17. The standard InChI is InChI=1S/C12H16N2O2/c1-9-2-3-10(11(15)8-9)12(16)14-6-4-13-5-7-14/h2-3,8,13,15H,4-7H2,1H3. The van der Waals surface area contributed by atoms with Crippen molar-refractivity contribution in [2.75, 3.05) is 26.2 Å². The summed E-state index contributed by atoms with van der Waals surface area (Å²) in [5.41, 5.74) is 1.35. The van der Waals surface area contributed by atoms with Gasteiger partial charge in [-0.15, -0.1) is 0 Å². The fourth-order valence-corrected chi connectivity index (χ4v) is 1.86. The summed E-state index contributed by atoms with van der Waals surface area (Å²) in [5, 5.41) is 12.9. The molecule has 1 saturated heterocycles. The van der Waals surface area contributed by atoms with E-state index in [9.17, 15) is 9.90 Å². The smallest absolute Gasteiger partial charge is 0.257 e. The number of aromatic hydroxyl groups is 1. The second-order valence-electron chi connectivity index (χ2n) is 4.06. The highest BCUT2D eigenvalue weighted by molar-refractivity contribution is 5.97. The number of nitrogens with zero attached hydrogens (tertiary/aromatic N) is 1. The number of hydrogen-bond acceptors (Lipinski definition) is 3. The molecule has 1 aliphatic rings. The Kier molecular flexibility index (Phi) is 3.10. The predicted molar refractivity (Wildman–Crippen MR) is 61.6 cm³/mol. The Labute approximate surface area is 94.9 Å². The summed E-state index contributed by atoms with van der Waals surface area (Å²) in [4.78, 5) is 13.8. The lowest BCUT2D eigenvalue weighted by Crippen LogP contribution is -2.46. The highest BCUT2D eigenvalue weighted by Crippen LogP contribution is 2.20. The lowest BCUT2D eigenvalue weighted by molar-refractivity contribution is 0.0733. The van der Waals surface area contributed by atoms with Gasteiger partial charge in [0.1, 0.15) is 5.75 Å². The minimum Gasteiger partial charge on any atom is -0.507 e. The van der Waals surface area contributed by atoms with E-state index in [1.165, 1.54) is 0 Å². The fraction of sp³-hybridized carbons (Fsp3) is 0.417. The van der Waals surface area contributed by atoms with Crippen LogP contribution in [0.4, 0.5) is 0 Å². The van der Waals surface area contributed by atoms with E-state index in [1.54, 1.807) is 17.0 Å². The molecule has 0 aliphatic carbocycles. The first-order valence-corrected chi connectivity index (χ1v) is 5.48. The van der Waals surface area contributed by atoms with Crippen molar-refractivity contribution in [1.82, 2.24) is 10.2 Å². The Bertz CT molecular complexity index is 398. The molecule has 16 heavy (non-hydrogen) atoms. The van der Waals surface area contributed by atoms with Gasteiger partial charge < -0.3 is 15.3 Å². The van der Waals surface area contributed by atoms with Crippen molar-refractivity contribution in [3.63, 3.8) is 0 Å². The zero-order valence-electron chi connectivity index (χ0n) is 9.36. The second-order valence-corrected chi connectivity index (χ2v) is 4.06. The monoisotopic (exact) mass is 220 g/mol. The maximum atomic E-state index is 12.1. The molecule has 0 aromatic heterocycles. The SMILES string of the molecule is Cc1ccc(C(=O)N2CCNCC2)c(O)c1. The quantitative estimate of drug-likeness (QED) is 0.734. The van der Waals surface area contributed by atoms with Crippen LogP contribution in [-0.2, 0) is 0 Å². The zero-order valence-corrected chi connectivity index (χ0v) is 9.36. The number of amides is 1. The Morgan fingerprint density at radius 2 is 2.06 bits per heavy atom. The Morgan fingerprint density at radius 3 is 2.69 bits per heavy atom. The van der Waals surface area contributed by atoms with E-state index in [-0.39, 0.29) is 11.7 Å². The molecule has 0 saturated carbocycles. The molecule has 0 radical (unpaired) electrons. The first kappa shape index (κ1) is 11.0. The van der Waals surface area contributed by atoms with Crippen LogP contribution in [0.25, 0.3) is 0 Å². The van der Waals surface area contributed by atoms with Gasteiger partial charge >= 0.3 is 0 Å². The van der Waals surface area contributed by atoms with Gasteiger partial charge in [0.15, 0.2) is 0 Å². The van der Waals surface area contributed by atoms with Gasteiger partial charge in [0, 0.05) is 26.2 Å². The van der Waals surface area contributed by atoms with Crippen molar-refractivity contribution in [3.05, 3.63) is 29.3 Å². The van der Waals surface area contributed by atoms with Crippen molar-refractivity contribution in [2.24, 2.45) is 0 Å². The van der Waals surface area contributed by atoms with Gasteiger partial charge in [-0.25, -0.2) is 0 Å². The number of carbonyl (C=O) groups is 1. The van der Waals surface area contributed by atoms with E-state index in [2.05, 4.69) is 5.32 Å². The van der Waals surface area contributed by atoms with Crippen LogP contribution in [-0.4, -0.2) is 42.1 Å². The van der Waals surface area contributed by atoms with Crippen molar-refractivity contribution >= 4 is 5.91 Å². The van der Waals surface area contributed by atoms with Crippen LogP contribution in [0.15, 0.2) is 18.2 Å². The second kappa shape index (κ2) is 4.53. The van der Waals surface area contributed by atoms with Crippen LogP contribution < -0.4 is 5.32 Å². The summed E-state index contributed by atoms with van der Waals surface area (Å²) in [6.07, 6.45) is 0. The molecule has 1 fully saturated rings. The molecule has 1 aromatic carbocycles. The number of benzene rings is 1. The molecular formula is C12H16N2O2. The zero-order chi connectivity index (χ0) is 11.5. The van der Waals surface area contributed by atoms with Crippen molar-refractivity contribution in [3.8, 4) is 5.75 Å². The molecular weight excluding hydrogens is 204 g/mol. The molecule has 2 N–H and O–H groups in total. The predicted octanol–water partition coefficient (Wildman–Crippen LogP) is 0.746. The highest BCUT2D eigenvalue weighted by atomic mass is 16.3. The molecule has 0 spiro atoms. The minimum absolute atomic E-state index is 0.0727. The van der Waals surface area contributed by atoms with Crippen LogP contribution in [0.3, 0.4) is 0 Å². The normalized spacial score (nSPS) is 16.2. The summed E-state index contributed by atoms with van der Waals surface area (Å²) >= 11 is 0. The van der Waals surface area contributed by atoms with E-state index >= 15 is 0 Å². The van der Waals surface area contributed by atoms with Crippen LogP contribution in [0.1, 0.15) is 15.9 Å². The third-order valence-corrected chi connectivity index (χ3v) is 2.79. The summed E-state index contributed by atoms with van der Waals surface area (Å²) in [7, 11) is 0. The first-order valence-electron chi connectivity index (χ1n) is 5.48. The maximum Gasteiger partial charge on any atom is 0.257 e. The van der Waals surface area contributed by atoms with E-state index in [0.717, 1.165) is 18.7 Å². The van der Waals surface area contributed by atoms with Gasteiger partial charge in [0.2, 0.25) is 0 Å². The molecule has 0 unspecified atom stereocenters. The third-order valence-electron chi connectivity index (χ3n) is 2.79. The summed E-state index contributed by atoms with van der Waals surface area (Å²) in [5.74, 6) is -0.0115. The summed E-state index contributed by atoms with van der Waals surface area (Å²) in [6, 6.07) is 5.15. The van der Waals surface area contributed by atoms with Gasteiger partial charge in [-0.1, -0.05) is 6.07 Å². The van der Waals surface area contributed by atoms with Gasteiger partial charge in [-0.05, 0) is 24.6 Å². The summed E-state index contributed by atoms with van der Waals surface area (Å²) < 4.78 is 0. The Morgan fingerprint density at radius 1 is 1.38 bits per heavy atom. The molecule has 0 atom stereocenters. The summed E-state index contributed by atoms with van der Waals surface area (Å²) in [6.45, 7) is 4.92. The maximum absolute atomic E-state index is 12.1. The van der Waals surface area contributed by atoms with Gasteiger partial charge in [-0.3, -0.25) is 4.79 Å². The average Bonchev–Trinajstić information content (AvgIpc) is 2.29. The topological polar surface area (TPSA) is 52.6 Å².